The van der Waals surface area contributed by atoms with Crippen LogP contribution >= 0.6 is 0 Å². The van der Waals surface area contributed by atoms with Crippen molar-refractivity contribution >= 4 is 8.56 Å². The van der Waals surface area contributed by atoms with E-state index in [-0.39, 0.29) is 0 Å². The molecule has 0 amide bonds. The molecule has 0 spiro atoms. The molecule has 0 unspecified atom stereocenters. The van der Waals surface area contributed by atoms with Gasteiger partial charge in [-0.05, 0) is 61.9 Å². The number of benzene rings is 1. The van der Waals surface area contributed by atoms with Gasteiger partial charge in [0.2, 0.25) is 0 Å². The summed E-state index contributed by atoms with van der Waals surface area (Å²) in [5, 5.41) is 0. The fraction of sp³-hybridized carbons (Fsp3) is 0.667. The van der Waals surface area contributed by atoms with Gasteiger partial charge in [-0.15, -0.1) is 0 Å². The van der Waals surface area contributed by atoms with Crippen molar-refractivity contribution in [1.82, 2.24) is 0 Å². The summed E-state index contributed by atoms with van der Waals surface area (Å²) in [5.41, 5.74) is 2.44. The predicted molar refractivity (Wildman–Crippen MR) is 93.3 cm³/mol. The minimum absolute atomic E-state index is 0.743. The zero-order valence-electron chi connectivity index (χ0n) is 14.7. The predicted octanol–water partition coefficient (Wildman–Crippen LogP) is 5.62. The highest BCUT2D eigenvalue weighted by Crippen LogP contribution is 2.27. The normalized spacial score (nSPS) is 12.0. The third-order valence-corrected chi connectivity index (χ3v) is 7.48. The van der Waals surface area contributed by atoms with E-state index in [0.29, 0.717) is 0 Å². The maximum Gasteiger partial charge on any atom is 0.398 e. The van der Waals surface area contributed by atoms with Crippen molar-refractivity contribution in [2.45, 2.75) is 66.5 Å². The fourth-order valence-electron chi connectivity index (χ4n) is 2.40. The Bertz CT molecular complexity index is 425. The van der Waals surface area contributed by atoms with Gasteiger partial charge in [-0.3, -0.25) is 0 Å². The third-order valence-electron chi connectivity index (χ3n) is 4.01. The number of hydrogen-bond donors (Lipinski definition) is 0. The average Bonchev–Trinajstić information content (AvgIpc) is 2.46. The first-order chi connectivity index (χ1) is 9.92. The average molecular weight is 309 g/mol. The second-order valence-corrected chi connectivity index (χ2v) is 10.1. The molecule has 0 bridgehead atoms. The third kappa shape index (κ3) is 5.83. The molecule has 0 atom stereocenters. The lowest BCUT2D eigenvalue weighted by atomic mass is 10.1. The summed E-state index contributed by atoms with van der Waals surface area (Å²) in [6.07, 6.45) is 2.35. The number of aryl methyl sites for hydroxylation is 2. The van der Waals surface area contributed by atoms with E-state index in [9.17, 15) is 0 Å². The van der Waals surface area contributed by atoms with Gasteiger partial charge in [0.25, 0.3) is 0 Å². The minimum Gasteiger partial charge on any atom is -0.520 e. The second kappa shape index (κ2) is 8.59. The molecule has 2 nitrogen and oxygen atoms in total. The van der Waals surface area contributed by atoms with Crippen LogP contribution in [-0.4, -0.2) is 15.2 Å². The molecule has 0 heterocycles. The van der Waals surface area contributed by atoms with Gasteiger partial charge >= 0.3 is 8.56 Å². The molecule has 0 saturated heterocycles. The molecule has 0 N–H and O–H groups in total. The summed E-state index contributed by atoms with van der Waals surface area (Å²) in [6, 6.07) is 8.40. The first-order valence-corrected chi connectivity index (χ1v) is 10.6. The summed E-state index contributed by atoms with van der Waals surface area (Å²) in [6.45, 7) is 14.0. The van der Waals surface area contributed by atoms with Gasteiger partial charge in [-0.1, -0.05) is 39.8 Å². The highest BCUT2D eigenvalue weighted by Gasteiger charge is 2.36. The maximum absolute atomic E-state index is 6.44. The zero-order valence-corrected chi connectivity index (χ0v) is 15.7. The lowest BCUT2D eigenvalue weighted by Crippen LogP contribution is -2.44. The Hall–Kier alpha value is -0.803. The number of rotatable bonds is 9. The molecule has 120 valence electrons. The summed E-state index contributed by atoms with van der Waals surface area (Å²) in [5.74, 6) is 1.75. The Morgan fingerprint density at radius 1 is 1.10 bits per heavy atom. The van der Waals surface area contributed by atoms with Gasteiger partial charge in [0.15, 0.2) is 0 Å². The smallest absolute Gasteiger partial charge is 0.398 e. The summed E-state index contributed by atoms with van der Waals surface area (Å²) in [4.78, 5) is 0. The van der Waals surface area contributed by atoms with Crippen LogP contribution in [0.1, 0.15) is 51.7 Å². The van der Waals surface area contributed by atoms with E-state index in [1.165, 1.54) is 17.5 Å². The molecule has 0 fully saturated rings. The highest BCUT2D eigenvalue weighted by molar-refractivity contribution is 6.68. The quantitative estimate of drug-likeness (QED) is 0.435. The van der Waals surface area contributed by atoms with Gasteiger partial charge in [0.05, 0.1) is 0 Å². The van der Waals surface area contributed by atoms with Crippen LogP contribution in [0.15, 0.2) is 18.2 Å². The molecular weight excluding hydrogens is 276 g/mol. The monoisotopic (exact) mass is 308 g/mol. The Morgan fingerprint density at radius 3 is 2.33 bits per heavy atom. The molecule has 1 rings (SSSR count). The van der Waals surface area contributed by atoms with Crippen LogP contribution in [0.2, 0.25) is 12.1 Å². The van der Waals surface area contributed by atoms with Gasteiger partial charge in [-0.2, -0.15) is 0 Å². The Morgan fingerprint density at radius 2 is 1.76 bits per heavy atom. The first-order valence-electron chi connectivity index (χ1n) is 8.32. The van der Waals surface area contributed by atoms with E-state index < -0.39 is 8.56 Å². The lowest BCUT2D eigenvalue weighted by Gasteiger charge is -2.30. The van der Waals surface area contributed by atoms with Crippen LogP contribution in [0.25, 0.3) is 0 Å². The van der Waals surface area contributed by atoms with Crippen molar-refractivity contribution in [3.63, 3.8) is 0 Å². The van der Waals surface area contributed by atoms with Crippen molar-refractivity contribution < 1.29 is 8.85 Å². The van der Waals surface area contributed by atoms with Gasteiger partial charge in [0, 0.05) is 6.61 Å². The standard InChI is InChI=1S/C18H32O2Si/c1-7-21(8-2,19-13-9-10-15(3)4)20-18-14-16(5)11-12-17(18)6/h11-12,14-15H,7-10,13H2,1-6H3. The highest BCUT2D eigenvalue weighted by atomic mass is 28.4. The van der Waals surface area contributed by atoms with Crippen molar-refractivity contribution in [3.05, 3.63) is 29.3 Å². The molecule has 0 aliphatic heterocycles. The van der Waals surface area contributed by atoms with Crippen LogP contribution < -0.4 is 4.43 Å². The van der Waals surface area contributed by atoms with E-state index >= 15 is 0 Å². The summed E-state index contributed by atoms with van der Waals surface area (Å²) >= 11 is 0. The lowest BCUT2D eigenvalue weighted by molar-refractivity contribution is 0.226. The van der Waals surface area contributed by atoms with Crippen molar-refractivity contribution in [1.29, 1.82) is 0 Å². The van der Waals surface area contributed by atoms with Crippen LogP contribution in [-0.2, 0) is 4.43 Å². The second-order valence-electron chi connectivity index (χ2n) is 6.37. The molecule has 0 saturated carbocycles. The Labute approximate surface area is 132 Å². The van der Waals surface area contributed by atoms with E-state index in [2.05, 4.69) is 59.7 Å². The molecule has 0 aliphatic carbocycles. The zero-order chi connectivity index (χ0) is 15.9. The van der Waals surface area contributed by atoms with Crippen LogP contribution in [0, 0.1) is 19.8 Å². The molecule has 21 heavy (non-hydrogen) atoms. The van der Waals surface area contributed by atoms with E-state index in [1.807, 2.05) is 0 Å². The van der Waals surface area contributed by atoms with Crippen LogP contribution in [0.3, 0.4) is 0 Å². The van der Waals surface area contributed by atoms with Gasteiger partial charge < -0.3 is 8.85 Å². The van der Waals surface area contributed by atoms with E-state index in [1.54, 1.807) is 0 Å². The van der Waals surface area contributed by atoms with E-state index in [0.717, 1.165) is 36.8 Å². The maximum atomic E-state index is 6.44. The fourth-order valence-corrected chi connectivity index (χ4v) is 4.79. The molecule has 0 aliphatic rings. The molecule has 0 radical (unpaired) electrons. The Balaban J connectivity index is 2.72. The topological polar surface area (TPSA) is 18.5 Å². The largest absolute Gasteiger partial charge is 0.520 e. The SMILES string of the molecule is CC[Si](CC)(OCCCC(C)C)Oc1cc(C)ccc1C. The van der Waals surface area contributed by atoms with Crippen LogP contribution in [0.4, 0.5) is 0 Å². The molecule has 1 aromatic carbocycles. The molecular formula is C18H32O2Si. The van der Waals surface area contributed by atoms with Gasteiger partial charge in [-0.25, -0.2) is 0 Å². The van der Waals surface area contributed by atoms with Crippen LogP contribution in [0.5, 0.6) is 5.75 Å². The van der Waals surface area contributed by atoms with E-state index in [4.69, 9.17) is 8.85 Å². The molecule has 1 aromatic rings. The Kier molecular flexibility index (Phi) is 7.47. The minimum atomic E-state index is -2.11. The van der Waals surface area contributed by atoms with Gasteiger partial charge in [0.1, 0.15) is 5.75 Å². The van der Waals surface area contributed by atoms with Crippen molar-refractivity contribution in [3.8, 4) is 5.75 Å². The summed E-state index contributed by atoms with van der Waals surface area (Å²) < 4.78 is 12.7. The first kappa shape index (κ1) is 18.2. The van der Waals surface area contributed by atoms with Crippen molar-refractivity contribution in [2.75, 3.05) is 6.61 Å². The van der Waals surface area contributed by atoms with Crippen molar-refractivity contribution in [2.24, 2.45) is 5.92 Å². The number of hydrogen-bond acceptors (Lipinski definition) is 2. The molecule has 3 heteroatoms. The molecule has 0 aromatic heterocycles. The summed E-state index contributed by atoms with van der Waals surface area (Å²) in [7, 11) is -2.11.